The van der Waals surface area contributed by atoms with Gasteiger partial charge in [-0.25, -0.2) is 0 Å². The molecule has 0 unspecified atom stereocenters. The van der Waals surface area contributed by atoms with Crippen LogP contribution < -0.4 is 0 Å². The monoisotopic (exact) mass is 300 g/mol. The summed E-state index contributed by atoms with van der Waals surface area (Å²) in [5.74, 6) is 0.0579. The van der Waals surface area contributed by atoms with Gasteiger partial charge in [-0.15, -0.1) is 0 Å². The second-order valence-electron chi connectivity index (χ2n) is 4.11. The normalized spacial score (nSPS) is 10.7. The molecule has 0 aliphatic heterocycles. The van der Waals surface area contributed by atoms with Crippen molar-refractivity contribution in [2.45, 2.75) is 13.3 Å². The Kier molecular flexibility index (Phi) is 4.06. The van der Waals surface area contributed by atoms with Crippen molar-refractivity contribution in [2.24, 2.45) is 0 Å². The van der Waals surface area contributed by atoms with Crippen LogP contribution in [0.2, 0.25) is 15.1 Å². The smallest absolute Gasteiger partial charge is 0.134 e. The third-order valence-electron chi connectivity index (χ3n) is 2.78. The van der Waals surface area contributed by atoms with Gasteiger partial charge in [0, 0.05) is 10.0 Å². The van der Waals surface area contributed by atoms with Gasteiger partial charge in [-0.3, -0.25) is 0 Å². The largest absolute Gasteiger partial charge is 0.506 e. The number of phenols is 1. The Hall–Kier alpha value is -0.890. The van der Waals surface area contributed by atoms with Crippen LogP contribution in [0, 0.1) is 6.92 Å². The first kappa shape index (κ1) is 13.5. The van der Waals surface area contributed by atoms with Crippen molar-refractivity contribution in [2.75, 3.05) is 0 Å². The fraction of sp³-hybridized carbons (Fsp3) is 0.143. The van der Waals surface area contributed by atoms with E-state index in [9.17, 15) is 5.11 Å². The van der Waals surface area contributed by atoms with Crippen LogP contribution in [0.25, 0.3) is 0 Å². The van der Waals surface area contributed by atoms with E-state index in [1.54, 1.807) is 13.0 Å². The number of phenolic OH excluding ortho intramolecular Hbond substituents is 1. The van der Waals surface area contributed by atoms with Gasteiger partial charge in [0.05, 0.1) is 5.02 Å². The highest BCUT2D eigenvalue weighted by Gasteiger charge is 2.12. The first-order chi connectivity index (χ1) is 8.49. The molecule has 0 spiro atoms. The standard InChI is InChI=1S/C14H11Cl3O/c1-8-13(16)10(7-12(18)14(8)17)6-9-2-4-11(15)5-3-9/h2-5,7,18H,6H2,1H3. The fourth-order valence-electron chi connectivity index (χ4n) is 1.77. The van der Waals surface area contributed by atoms with Crippen LogP contribution in [0.1, 0.15) is 16.7 Å². The SMILES string of the molecule is Cc1c(Cl)c(O)cc(Cc2ccc(Cl)cc2)c1Cl. The van der Waals surface area contributed by atoms with Gasteiger partial charge in [-0.1, -0.05) is 46.9 Å². The molecular formula is C14H11Cl3O. The van der Waals surface area contributed by atoms with E-state index in [1.807, 2.05) is 24.3 Å². The predicted octanol–water partition coefficient (Wildman–Crippen LogP) is 5.25. The second kappa shape index (κ2) is 5.40. The summed E-state index contributed by atoms with van der Waals surface area (Å²) in [6, 6.07) is 9.12. The molecule has 0 aromatic heterocycles. The van der Waals surface area contributed by atoms with Crippen LogP contribution in [0.3, 0.4) is 0 Å². The molecule has 0 amide bonds. The zero-order valence-electron chi connectivity index (χ0n) is 9.67. The molecule has 0 saturated carbocycles. The Morgan fingerprint density at radius 2 is 1.61 bits per heavy atom. The zero-order valence-corrected chi connectivity index (χ0v) is 11.9. The van der Waals surface area contributed by atoms with Crippen LogP contribution in [0.4, 0.5) is 0 Å². The van der Waals surface area contributed by atoms with Crippen molar-refractivity contribution in [1.29, 1.82) is 0 Å². The van der Waals surface area contributed by atoms with Crippen molar-refractivity contribution in [3.8, 4) is 5.75 Å². The Balaban J connectivity index is 2.38. The molecule has 2 aromatic rings. The van der Waals surface area contributed by atoms with E-state index in [0.717, 1.165) is 11.1 Å². The van der Waals surface area contributed by atoms with Crippen LogP contribution in [0.15, 0.2) is 30.3 Å². The number of aromatic hydroxyl groups is 1. The number of hydrogen-bond acceptors (Lipinski definition) is 1. The van der Waals surface area contributed by atoms with Gasteiger partial charge < -0.3 is 5.11 Å². The number of rotatable bonds is 2. The first-order valence-corrected chi connectivity index (χ1v) is 6.53. The van der Waals surface area contributed by atoms with Crippen LogP contribution >= 0.6 is 34.8 Å². The minimum absolute atomic E-state index is 0.0579. The molecule has 1 N–H and O–H groups in total. The highest BCUT2D eigenvalue weighted by atomic mass is 35.5. The van der Waals surface area contributed by atoms with Crippen molar-refractivity contribution in [3.05, 3.63) is 62.1 Å². The minimum Gasteiger partial charge on any atom is -0.506 e. The lowest BCUT2D eigenvalue weighted by molar-refractivity contribution is 0.474. The van der Waals surface area contributed by atoms with Crippen LogP contribution in [0.5, 0.6) is 5.75 Å². The highest BCUT2D eigenvalue weighted by molar-refractivity contribution is 6.37. The first-order valence-electron chi connectivity index (χ1n) is 5.40. The quantitative estimate of drug-likeness (QED) is 0.803. The highest BCUT2D eigenvalue weighted by Crippen LogP contribution is 2.35. The predicted molar refractivity (Wildman–Crippen MR) is 77.1 cm³/mol. The second-order valence-corrected chi connectivity index (χ2v) is 5.30. The third-order valence-corrected chi connectivity index (χ3v) is 4.04. The lowest BCUT2D eigenvalue weighted by Crippen LogP contribution is -1.92. The Labute approximate surface area is 121 Å². The van der Waals surface area contributed by atoms with E-state index >= 15 is 0 Å². The molecule has 2 rings (SSSR count). The van der Waals surface area contributed by atoms with E-state index in [1.165, 1.54) is 0 Å². The van der Waals surface area contributed by atoms with Crippen molar-refractivity contribution >= 4 is 34.8 Å². The van der Waals surface area contributed by atoms with Gasteiger partial charge in [0.15, 0.2) is 0 Å². The number of hydrogen-bond donors (Lipinski definition) is 1. The Morgan fingerprint density at radius 3 is 2.22 bits per heavy atom. The zero-order chi connectivity index (χ0) is 13.3. The molecule has 18 heavy (non-hydrogen) atoms. The summed E-state index contributed by atoms with van der Waals surface area (Å²) in [4.78, 5) is 0. The van der Waals surface area contributed by atoms with Crippen molar-refractivity contribution < 1.29 is 5.11 Å². The molecule has 0 aliphatic rings. The van der Waals surface area contributed by atoms with E-state index < -0.39 is 0 Å². The lowest BCUT2D eigenvalue weighted by atomic mass is 10.0. The molecule has 0 radical (unpaired) electrons. The average Bonchev–Trinajstić information content (AvgIpc) is 2.36. The maximum absolute atomic E-state index is 9.72. The van der Waals surface area contributed by atoms with Gasteiger partial charge in [-0.2, -0.15) is 0 Å². The fourth-order valence-corrected chi connectivity index (χ4v) is 2.31. The Bertz CT molecular complexity index is 577. The molecule has 0 aliphatic carbocycles. The maximum Gasteiger partial charge on any atom is 0.134 e. The van der Waals surface area contributed by atoms with Gasteiger partial charge in [-0.05, 0) is 48.2 Å². The molecule has 2 aromatic carbocycles. The molecule has 4 heteroatoms. The van der Waals surface area contributed by atoms with Crippen molar-refractivity contribution in [3.63, 3.8) is 0 Å². The molecule has 0 heterocycles. The molecular weight excluding hydrogens is 291 g/mol. The summed E-state index contributed by atoms with van der Waals surface area (Å²) in [5.41, 5.74) is 2.61. The van der Waals surface area contributed by atoms with Crippen LogP contribution in [-0.4, -0.2) is 5.11 Å². The van der Waals surface area contributed by atoms with E-state index in [0.29, 0.717) is 27.1 Å². The molecule has 0 atom stereocenters. The molecule has 1 nitrogen and oxygen atoms in total. The molecule has 0 bridgehead atoms. The van der Waals surface area contributed by atoms with E-state index in [4.69, 9.17) is 34.8 Å². The number of halogens is 3. The van der Waals surface area contributed by atoms with Gasteiger partial charge in [0.1, 0.15) is 5.75 Å². The lowest BCUT2D eigenvalue weighted by Gasteiger charge is -2.10. The summed E-state index contributed by atoms with van der Waals surface area (Å²) in [6.07, 6.45) is 0.627. The molecule has 0 fully saturated rings. The van der Waals surface area contributed by atoms with Gasteiger partial charge in [0.2, 0.25) is 0 Å². The molecule has 94 valence electrons. The third kappa shape index (κ3) is 2.74. The minimum atomic E-state index is 0.0579. The summed E-state index contributed by atoms with van der Waals surface area (Å²) in [5, 5.41) is 11.3. The Morgan fingerprint density at radius 1 is 1.00 bits per heavy atom. The van der Waals surface area contributed by atoms with Gasteiger partial charge in [0.25, 0.3) is 0 Å². The summed E-state index contributed by atoms with van der Waals surface area (Å²) >= 11 is 18.0. The maximum atomic E-state index is 9.72. The summed E-state index contributed by atoms with van der Waals surface area (Å²) in [6.45, 7) is 1.79. The summed E-state index contributed by atoms with van der Waals surface area (Å²) in [7, 11) is 0. The topological polar surface area (TPSA) is 20.2 Å². The van der Waals surface area contributed by atoms with E-state index in [-0.39, 0.29) is 5.75 Å². The van der Waals surface area contributed by atoms with Gasteiger partial charge >= 0.3 is 0 Å². The van der Waals surface area contributed by atoms with E-state index in [2.05, 4.69) is 0 Å². The molecule has 0 saturated heterocycles. The number of benzene rings is 2. The summed E-state index contributed by atoms with van der Waals surface area (Å²) < 4.78 is 0. The van der Waals surface area contributed by atoms with Crippen LogP contribution in [-0.2, 0) is 6.42 Å². The average molecular weight is 302 g/mol. The van der Waals surface area contributed by atoms with Crippen molar-refractivity contribution in [1.82, 2.24) is 0 Å².